The van der Waals surface area contributed by atoms with Crippen LogP contribution in [0, 0.1) is 0 Å². The SMILES string of the molecule is c1ccc(-c2cc(-c3ccc(Nc4cccc5c4c4ccccc4n5-c4ccccc4)cc3)c3ccccc3c2)cc1. The zero-order valence-electron chi connectivity index (χ0n) is 23.0. The van der Waals surface area contributed by atoms with Crippen LogP contribution in [-0.4, -0.2) is 4.57 Å². The van der Waals surface area contributed by atoms with Crippen molar-refractivity contribution in [1.29, 1.82) is 0 Å². The molecule has 0 fully saturated rings. The number of anilines is 2. The van der Waals surface area contributed by atoms with E-state index in [1.54, 1.807) is 0 Å². The summed E-state index contributed by atoms with van der Waals surface area (Å²) in [5.41, 5.74) is 10.6. The molecule has 0 atom stereocenters. The van der Waals surface area contributed by atoms with E-state index in [4.69, 9.17) is 0 Å². The molecule has 0 aliphatic rings. The maximum absolute atomic E-state index is 3.74. The second kappa shape index (κ2) is 10.1. The highest BCUT2D eigenvalue weighted by Crippen LogP contribution is 2.38. The first-order chi connectivity index (χ1) is 20.8. The predicted octanol–water partition coefficient (Wildman–Crippen LogP) is 11.0. The smallest absolute Gasteiger partial charge is 0.0562 e. The Kier molecular flexibility index (Phi) is 5.82. The van der Waals surface area contributed by atoms with Gasteiger partial charge in [-0.3, -0.25) is 0 Å². The fourth-order valence-corrected chi connectivity index (χ4v) is 6.21. The lowest BCUT2D eigenvalue weighted by Gasteiger charge is -2.13. The van der Waals surface area contributed by atoms with Gasteiger partial charge in [0.05, 0.1) is 11.0 Å². The number of hydrogen-bond donors (Lipinski definition) is 1. The van der Waals surface area contributed by atoms with Crippen molar-refractivity contribution in [2.24, 2.45) is 0 Å². The van der Waals surface area contributed by atoms with Crippen LogP contribution in [0.25, 0.3) is 60.5 Å². The highest BCUT2D eigenvalue weighted by molar-refractivity contribution is 6.15. The lowest BCUT2D eigenvalue weighted by molar-refractivity contribution is 1.18. The quantitative estimate of drug-likeness (QED) is 0.231. The lowest BCUT2D eigenvalue weighted by Crippen LogP contribution is -1.94. The molecule has 1 aromatic heterocycles. The molecule has 2 nitrogen and oxygen atoms in total. The highest BCUT2D eigenvalue weighted by Gasteiger charge is 2.15. The van der Waals surface area contributed by atoms with Crippen LogP contribution in [0.2, 0.25) is 0 Å². The maximum Gasteiger partial charge on any atom is 0.0562 e. The van der Waals surface area contributed by atoms with E-state index in [-0.39, 0.29) is 0 Å². The van der Waals surface area contributed by atoms with Crippen LogP contribution in [0.1, 0.15) is 0 Å². The largest absolute Gasteiger partial charge is 0.355 e. The summed E-state index contributed by atoms with van der Waals surface area (Å²) in [5.74, 6) is 0. The van der Waals surface area contributed by atoms with E-state index >= 15 is 0 Å². The van der Waals surface area contributed by atoms with E-state index in [1.165, 1.54) is 54.8 Å². The third kappa shape index (κ3) is 4.13. The summed E-state index contributed by atoms with van der Waals surface area (Å²) in [4.78, 5) is 0. The third-order valence-electron chi connectivity index (χ3n) is 8.16. The second-order valence-corrected chi connectivity index (χ2v) is 10.7. The Hall–Kier alpha value is -5.60. The average molecular weight is 537 g/mol. The molecule has 0 radical (unpaired) electrons. The van der Waals surface area contributed by atoms with Crippen molar-refractivity contribution in [2.75, 3.05) is 5.32 Å². The van der Waals surface area contributed by atoms with Gasteiger partial charge in [0.15, 0.2) is 0 Å². The summed E-state index contributed by atoms with van der Waals surface area (Å²) < 4.78 is 2.35. The molecule has 0 saturated carbocycles. The van der Waals surface area contributed by atoms with Crippen molar-refractivity contribution in [3.8, 4) is 27.9 Å². The molecule has 0 aliphatic heterocycles. The number of hydrogen-bond acceptors (Lipinski definition) is 1. The summed E-state index contributed by atoms with van der Waals surface area (Å²) in [6.45, 7) is 0. The molecule has 0 saturated heterocycles. The van der Waals surface area contributed by atoms with Gasteiger partial charge in [-0.15, -0.1) is 0 Å². The number of fused-ring (bicyclic) bond motifs is 4. The van der Waals surface area contributed by atoms with Gasteiger partial charge in [-0.2, -0.15) is 0 Å². The first-order valence-corrected chi connectivity index (χ1v) is 14.4. The summed E-state index contributed by atoms with van der Waals surface area (Å²) >= 11 is 0. The predicted molar refractivity (Wildman–Crippen MR) is 179 cm³/mol. The standard InChI is InChI=1S/C40H28N2/c1-3-12-28(13-4-1)31-26-30-14-7-8-17-34(30)36(27-31)29-22-24-32(25-23-29)41-37-19-11-21-39-40(37)35-18-9-10-20-38(35)42(39)33-15-5-2-6-16-33/h1-27,41H. The molecule has 8 aromatic rings. The van der Waals surface area contributed by atoms with Crippen LogP contribution >= 0.6 is 0 Å². The van der Waals surface area contributed by atoms with Gasteiger partial charge >= 0.3 is 0 Å². The zero-order chi connectivity index (χ0) is 27.9. The summed E-state index contributed by atoms with van der Waals surface area (Å²) in [7, 11) is 0. The van der Waals surface area contributed by atoms with Gasteiger partial charge in [-0.1, -0.05) is 109 Å². The molecule has 7 aromatic carbocycles. The minimum absolute atomic E-state index is 1.06. The van der Waals surface area contributed by atoms with E-state index in [1.807, 2.05) is 0 Å². The Morgan fingerprint density at radius 3 is 1.90 bits per heavy atom. The fraction of sp³-hybridized carbons (Fsp3) is 0. The average Bonchev–Trinajstić information content (AvgIpc) is 3.41. The van der Waals surface area contributed by atoms with E-state index in [2.05, 4.69) is 174 Å². The number of nitrogens with zero attached hydrogens (tertiary/aromatic N) is 1. The molecule has 198 valence electrons. The van der Waals surface area contributed by atoms with Crippen LogP contribution in [-0.2, 0) is 0 Å². The van der Waals surface area contributed by atoms with Crippen molar-refractivity contribution in [3.05, 3.63) is 164 Å². The lowest BCUT2D eigenvalue weighted by atomic mass is 9.93. The number of aromatic nitrogens is 1. The molecule has 42 heavy (non-hydrogen) atoms. The molecule has 0 bridgehead atoms. The second-order valence-electron chi connectivity index (χ2n) is 10.7. The Balaban J connectivity index is 1.21. The summed E-state index contributed by atoms with van der Waals surface area (Å²) in [6.07, 6.45) is 0. The van der Waals surface area contributed by atoms with Gasteiger partial charge in [0.2, 0.25) is 0 Å². The summed E-state index contributed by atoms with van der Waals surface area (Å²) in [6, 6.07) is 58.5. The van der Waals surface area contributed by atoms with Crippen LogP contribution in [0.3, 0.4) is 0 Å². The molecule has 0 amide bonds. The number of benzene rings is 7. The van der Waals surface area contributed by atoms with E-state index in [0.717, 1.165) is 17.1 Å². The minimum atomic E-state index is 1.06. The van der Waals surface area contributed by atoms with Crippen molar-refractivity contribution >= 4 is 44.0 Å². The van der Waals surface area contributed by atoms with Gasteiger partial charge in [-0.05, 0) is 87.6 Å². The Morgan fingerprint density at radius 1 is 0.429 bits per heavy atom. The van der Waals surface area contributed by atoms with Crippen molar-refractivity contribution in [1.82, 2.24) is 4.57 Å². The third-order valence-corrected chi connectivity index (χ3v) is 8.16. The summed E-state index contributed by atoms with van der Waals surface area (Å²) in [5, 5.41) is 8.71. The van der Waals surface area contributed by atoms with Crippen LogP contribution in [0.15, 0.2) is 164 Å². The van der Waals surface area contributed by atoms with Crippen molar-refractivity contribution < 1.29 is 0 Å². The first-order valence-electron chi connectivity index (χ1n) is 14.4. The molecular formula is C40H28N2. The minimum Gasteiger partial charge on any atom is -0.355 e. The molecular weight excluding hydrogens is 508 g/mol. The fourth-order valence-electron chi connectivity index (χ4n) is 6.21. The maximum atomic E-state index is 3.74. The number of rotatable bonds is 5. The van der Waals surface area contributed by atoms with E-state index < -0.39 is 0 Å². The van der Waals surface area contributed by atoms with Crippen molar-refractivity contribution in [3.63, 3.8) is 0 Å². The van der Waals surface area contributed by atoms with Crippen molar-refractivity contribution in [2.45, 2.75) is 0 Å². The Labute approximate surface area is 245 Å². The zero-order valence-corrected chi connectivity index (χ0v) is 23.0. The van der Waals surface area contributed by atoms with Crippen LogP contribution in [0.5, 0.6) is 0 Å². The van der Waals surface area contributed by atoms with E-state index in [9.17, 15) is 0 Å². The molecule has 1 heterocycles. The molecule has 0 unspecified atom stereocenters. The molecule has 8 rings (SSSR count). The van der Waals surface area contributed by atoms with Gasteiger partial charge in [0.25, 0.3) is 0 Å². The number of nitrogens with one attached hydrogen (secondary N) is 1. The topological polar surface area (TPSA) is 17.0 Å². The van der Waals surface area contributed by atoms with Gasteiger partial charge in [-0.25, -0.2) is 0 Å². The molecule has 1 N–H and O–H groups in total. The van der Waals surface area contributed by atoms with Gasteiger partial charge in [0, 0.05) is 27.8 Å². The highest BCUT2D eigenvalue weighted by atomic mass is 15.0. The Morgan fingerprint density at radius 2 is 1.10 bits per heavy atom. The monoisotopic (exact) mass is 536 g/mol. The Bertz CT molecular complexity index is 2190. The normalized spacial score (nSPS) is 11.3. The molecule has 0 spiro atoms. The van der Waals surface area contributed by atoms with E-state index in [0.29, 0.717) is 0 Å². The first kappa shape index (κ1) is 24.2. The number of para-hydroxylation sites is 2. The molecule has 0 aliphatic carbocycles. The van der Waals surface area contributed by atoms with Gasteiger partial charge < -0.3 is 9.88 Å². The van der Waals surface area contributed by atoms with Gasteiger partial charge in [0.1, 0.15) is 0 Å². The van der Waals surface area contributed by atoms with Crippen LogP contribution < -0.4 is 5.32 Å². The van der Waals surface area contributed by atoms with Crippen LogP contribution in [0.4, 0.5) is 11.4 Å². The molecule has 2 heteroatoms.